The maximum Gasteiger partial charge on any atom is 0.337 e. The lowest BCUT2D eigenvalue weighted by atomic mass is 10.1. The van der Waals surface area contributed by atoms with Crippen molar-refractivity contribution in [2.24, 2.45) is 0 Å². The van der Waals surface area contributed by atoms with E-state index in [1.54, 1.807) is 106 Å². The number of anilines is 2. The minimum absolute atomic E-state index is 0.349. The summed E-state index contributed by atoms with van der Waals surface area (Å²) in [4.78, 5) is 62.5. The number of methoxy groups -OCH3 is 4. The SMILES string of the molecule is C#Cc1ccc(C(=O)OC)cc1.COC(=O)c1ccc(C#Cc2ccnc(-c3ccnc(N4Cc5ccc(OC)cc5C4)n3)n2)cc1.COc1ccc2c(c1)CN(c1nccc(-c3nccc(Br)n3)n1)C2. The number of carbonyl (C=O) groups excluding carboxylic acids is 2. The number of halogens is 1. The number of ether oxygens (including phenoxy) is 4. The molecular weight excluding hydrogens is 965 g/mol. The highest BCUT2D eigenvalue weighted by Gasteiger charge is 2.24. The van der Waals surface area contributed by atoms with Gasteiger partial charge in [-0.25, -0.2) is 49.5 Å². The summed E-state index contributed by atoms with van der Waals surface area (Å²) in [5.74, 6) is 11.9. The zero-order valence-corrected chi connectivity index (χ0v) is 40.5. The lowest BCUT2D eigenvalue weighted by Crippen LogP contribution is -2.17. The number of fused-ring (bicyclic) bond motifs is 2. The Balaban J connectivity index is 0.000000161. The molecule has 10 rings (SSSR count). The van der Waals surface area contributed by atoms with E-state index >= 15 is 0 Å². The Morgan fingerprint density at radius 1 is 0.521 bits per heavy atom. The molecule has 8 aromatic rings. The molecule has 352 valence electrons. The zero-order chi connectivity index (χ0) is 49.7. The Bertz CT molecular complexity index is 3320. The number of hydrogen-bond donors (Lipinski definition) is 0. The molecule has 0 bridgehead atoms. The Morgan fingerprint density at radius 2 is 0.986 bits per heavy atom. The van der Waals surface area contributed by atoms with E-state index in [4.69, 9.17) is 25.6 Å². The van der Waals surface area contributed by atoms with Crippen LogP contribution in [-0.2, 0) is 35.7 Å². The molecule has 16 nitrogen and oxygen atoms in total. The van der Waals surface area contributed by atoms with Gasteiger partial charge in [0.05, 0.1) is 39.6 Å². The Morgan fingerprint density at radius 3 is 1.46 bits per heavy atom. The van der Waals surface area contributed by atoms with Crippen molar-refractivity contribution in [3.05, 3.63) is 189 Å². The first-order valence-corrected chi connectivity index (χ1v) is 22.6. The number of hydrogen-bond acceptors (Lipinski definition) is 16. The second kappa shape index (κ2) is 22.8. The molecule has 2 aliphatic rings. The molecule has 0 aliphatic carbocycles. The molecule has 0 N–H and O–H groups in total. The first-order chi connectivity index (χ1) is 34.6. The fourth-order valence-electron chi connectivity index (χ4n) is 7.31. The summed E-state index contributed by atoms with van der Waals surface area (Å²) in [5, 5.41) is 0. The van der Waals surface area contributed by atoms with Gasteiger partial charge >= 0.3 is 11.9 Å². The highest BCUT2D eigenvalue weighted by atomic mass is 79.9. The van der Waals surface area contributed by atoms with E-state index < -0.39 is 0 Å². The zero-order valence-electron chi connectivity index (χ0n) is 38.9. The topological polar surface area (TPSA) is 181 Å². The molecule has 0 unspecified atom stereocenters. The van der Waals surface area contributed by atoms with E-state index in [1.165, 1.54) is 36.5 Å². The van der Waals surface area contributed by atoms with Crippen LogP contribution in [0.4, 0.5) is 11.9 Å². The monoisotopic (exact) mass is 1010 g/mol. The summed E-state index contributed by atoms with van der Waals surface area (Å²) in [7, 11) is 6.04. The first kappa shape index (κ1) is 48.4. The van der Waals surface area contributed by atoms with Crippen LogP contribution in [0.15, 0.2) is 139 Å². The molecule has 0 fully saturated rings. The highest BCUT2D eigenvalue weighted by molar-refractivity contribution is 9.10. The number of benzene rings is 4. The van der Waals surface area contributed by atoms with Gasteiger partial charge in [0, 0.05) is 62.1 Å². The average molecular weight is 1010 g/mol. The van der Waals surface area contributed by atoms with Gasteiger partial charge in [-0.3, -0.25) is 0 Å². The molecule has 71 heavy (non-hydrogen) atoms. The summed E-state index contributed by atoms with van der Waals surface area (Å²) < 4.78 is 20.6. The van der Waals surface area contributed by atoms with Crippen LogP contribution in [-0.4, -0.2) is 80.2 Å². The van der Waals surface area contributed by atoms with Crippen molar-refractivity contribution in [1.29, 1.82) is 0 Å². The number of terminal acetylenes is 1. The predicted octanol–water partition coefficient (Wildman–Crippen LogP) is 8.33. The van der Waals surface area contributed by atoms with Gasteiger partial charge in [-0.05, 0) is 141 Å². The van der Waals surface area contributed by atoms with Crippen molar-refractivity contribution in [2.75, 3.05) is 38.2 Å². The molecule has 6 heterocycles. The van der Waals surface area contributed by atoms with Gasteiger partial charge in [0.15, 0.2) is 11.6 Å². The fraction of sp³-hybridized carbons (Fsp3) is 0.148. The van der Waals surface area contributed by atoms with Gasteiger partial charge < -0.3 is 28.7 Å². The number of esters is 2. The van der Waals surface area contributed by atoms with E-state index in [1.807, 2.05) is 24.3 Å². The van der Waals surface area contributed by atoms with E-state index in [-0.39, 0.29) is 11.9 Å². The minimum Gasteiger partial charge on any atom is -0.497 e. The van der Waals surface area contributed by atoms with Crippen molar-refractivity contribution in [2.45, 2.75) is 26.2 Å². The Kier molecular flexibility index (Phi) is 15.6. The van der Waals surface area contributed by atoms with Gasteiger partial charge in [-0.1, -0.05) is 24.0 Å². The molecule has 2 aliphatic heterocycles. The van der Waals surface area contributed by atoms with Gasteiger partial charge in [0.2, 0.25) is 11.9 Å². The highest BCUT2D eigenvalue weighted by Crippen LogP contribution is 2.31. The van der Waals surface area contributed by atoms with E-state index in [9.17, 15) is 9.59 Å². The molecule has 0 amide bonds. The van der Waals surface area contributed by atoms with Crippen LogP contribution in [0.5, 0.6) is 11.5 Å². The van der Waals surface area contributed by atoms with Crippen LogP contribution in [0.25, 0.3) is 23.0 Å². The first-order valence-electron chi connectivity index (χ1n) is 21.8. The lowest BCUT2D eigenvalue weighted by Gasteiger charge is -2.15. The van der Waals surface area contributed by atoms with Crippen molar-refractivity contribution in [1.82, 2.24) is 39.9 Å². The summed E-state index contributed by atoms with van der Waals surface area (Å²) >= 11 is 3.36. The molecule has 4 aromatic heterocycles. The summed E-state index contributed by atoms with van der Waals surface area (Å²) in [6.07, 6.45) is 12.0. The number of carbonyl (C=O) groups is 2. The summed E-state index contributed by atoms with van der Waals surface area (Å²) in [5.41, 5.74) is 9.32. The second-order valence-corrected chi connectivity index (χ2v) is 16.3. The van der Waals surface area contributed by atoms with Crippen LogP contribution in [0, 0.1) is 24.2 Å². The molecule has 17 heteroatoms. The van der Waals surface area contributed by atoms with E-state index in [0.717, 1.165) is 46.9 Å². The van der Waals surface area contributed by atoms with Crippen LogP contribution < -0.4 is 19.3 Å². The molecule has 0 saturated carbocycles. The predicted molar refractivity (Wildman–Crippen MR) is 269 cm³/mol. The quantitative estimate of drug-likeness (QED) is 0.0804. The standard InChI is InChI=1S/C27H21N5O3.C17H14BrN5O.C10H8O2/c1-34-23-10-8-20-16-32(17-21(20)15-23)27-29-14-12-24(31-27)25-28-13-11-22(30-25)9-5-18-3-6-19(7-4-18)26(33)35-2;1-24-13-3-2-11-9-23(10-12(11)8-13)17-20-6-4-14(21-17)16-19-7-5-15(18)22-16;1-3-8-4-6-9(7-5-8)10(11)12-2/h3-4,6-8,10-15H,16-17H2,1-2H3;2-8H,9-10H2,1H3;1,4-7H,2H3. The molecule has 0 spiro atoms. The van der Waals surface area contributed by atoms with Crippen molar-refractivity contribution in [3.8, 4) is 58.7 Å². The van der Waals surface area contributed by atoms with Crippen molar-refractivity contribution >= 4 is 39.8 Å². The molecule has 0 saturated heterocycles. The van der Waals surface area contributed by atoms with Crippen LogP contribution in [0.1, 0.15) is 59.8 Å². The summed E-state index contributed by atoms with van der Waals surface area (Å²) in [6.45, 7) is 2.97. The lowest BCUT2D eigenvalue weighted by molar-refractivity contribution is 0.0592. The van der Waals surface area contributed by atoms with E-state index in [0.29, 0.717) is 58.3 Å². The van der Waals surface area contributed by atoms with Gasteiger partial charge in [-0.15, -0.1) is 6.42 Å². The molecular formula is C54H43BrN10O6. The van der Waals surface area contributed by atoms with Crippen molar-refractivity contribution < 1.29 is 28.5 Å². The van der Waals surface area contributed by atoms with Gasteiger partial charge in [-0.2, -0.15) is 0 Å². The maximum absolute atomic E-state index is 11.6. The van der Waals surface area contributed by atoms with Gasteiger partial charge in [0.1, 0.15) is 33.2 Å². The minimum atomic E-state index is -0.383. The molecule has 0 radical (unpaired) electrons. The van der Waals surface area contributed by atoms with Crippen LogP contribution in [0.3, 0.4) is 0 Å². The smallest absolute Gasteiger partial charge is 0.337 e. The third-order valence-corrected chi connectivity index (χ3v) is 11.4. The summed E-state index contributed by atoms with van der Waals surface area (Å²) in [6, 6.07) is 32.9. The third kappa shape index (κ3) is 12.2. The fourth-order valence-corrected chi connectivity index (χ4v) is 7.59. The average Bonchev–Trinajstić information content (AvgIpc) is 4.07. The van der Waals surface area contributed by atoms with E-state index in [2.05, 4.69) is 101 Å². The number of rotatable bonds is 8. The van der Waals surface area contributed by atoms with Crippen molar-refractivity contribution in [3.63, 3.8) is 0 Å². The Hall–Kier alpha value is -9.06. The van der Waals surface area contributed by atoms with Gasteiger partial charge in [0.25, 0.3) is 0 Å². The number of nitrogens with zero attached hydrogens (tertiary/aromatic N) is 10. The number of aromatic nitrogens is 8. The normalized spacial score (nSPS) is 11.7. The maximum atomic E-state index is 11.6. The third-order valence-electron chi connectivity index (χ3n) is 11.0. The Labute approximate surface area is 418 Å². The molecule has 4 aromatic carbocycles. The van der Waals surface area contributed by atoms with Crippen LogP contribution in [0.2, 0.25) is 0 Å². The molecule has 0 atom stereocenters. The van der Waals surface area contributed by atoms with Crippen LogP contribution >= 0.6 is 15.9 Å². The largest absolute Gasteiger partial charge is 0.497 e. The second-order valence-electron chi connectivity index (χ2n) is 15.5.